The van der Waals surface area contributed by atoms with Crippen molar-refractivity contribution in [2.45, 2.75) is 51.9 Å². The molecule has 1 fully saturated rings. The quantitative estimate of drug-likeness (QED) is 0.465. The van der Waals surface area contributed by atoms with Crippen LogP contribution in [0.5, 0.6) is 0 Å². The lowest BCUT2D eigenvalue weighted by Crippen LogP contribution is -2.14. The highest BCUT2D eigenvalue weighted by Crippen LogP contribution is 2.33. The molecule has 3 aromatic rings. The molecular weight excluding hydrogens is 447 g/mol. The van der Waals surface area contributed by atoms with Gasteiger partial charge in [-0.05, 0) is 42.5 Å². The summed E-state index contributed by atoms with van der Waals surface area (Å²) in [6, 6.07) is 6.55. The number of halogens is 2. The molecule has 4 rings (SSSR count). The maximum atomic E-state index is 15.1. The lowest BCUT2D eigenvalue weighted by molar-refractivity contribution is -0.117. The van der Waals surface area contributed by atoms with Gasteiger partial charge in [0.2, 0.25) is 11.7 Å². The van der Waals surface area contributed by atoms with Crippen molar-refractivity contribution in [2.75, 3.05) is 5.32 Å². The van der Waals surface area contributed by atoms with Crippen LogP contribution in [0.4, 0.5) is 10.2 Å². The van der Waals surface area contributed by atoms with E-state index in [9.17, 15) is 9.59 Å². The number of hydrogen-bond donors (Lipinski definition) is 1. The molecule has 0 unspecified atom stereocenters. The molecule has 2 aromatic heterocycles. The van der Waals surface area contributed by atoms with E-state index in [-0.39, 0.29) is 52.3 Å². The zero-order valence-electron chi connectivity index (χ0n) is 18.6. The van der Waals surface area contributed by atoms with Crippen LogP contribution in [0.1, 0.15) is 62.1 Å². The maximum Gasteiger partial charge on any atom is 0.294 e. The van der Waals surface area contributed by atoms with Crippen molar-refractivity contribution in [3.8, 4) is 11.1 Å². The molecule has 1 N–H and O–H groups in total. The van der Waals surface area contributed by atoms with Gasteiger partial charge < -0.3 is 9.84 Å². The Kier molecular flexibility index (Phi) is 6.30. The number of Topliss-reactive ketones (excluding diaryl/α,β-unsaturated/α-hetero) is 1. The van der Waals surface area contributed by atoms with Gasteiger partial charge in [-0.3, -0.25) is 9.59 Å². The third-order valence-electron chi connectivity index (χ3n) is 5.39. The van der Waals surface area contributed by atoms with Gasteiger partial charge in [0.1, 0.15) is 11.6 Å². The van der Waals surface area contributed by atoms with Crippen LogP contribution in [0.15, 0.2) is 35.0 Å². The minimum atomic E-state index is -0.597. The Hall–Kier alpha value is -3.13. The minimum absolute atomic E-state index is 0.0378. The molecule has 9 heteroatoms. The molecule has 1 aliphatic rings. The summed E-state index contributed by atoms with van der Waals surface area (Å²) in [7, 11) is 0. The Bertz CT molecular complexity index is 1210. The topological polar surface area (TPSA) is 98.0 Å². The van der Waals surface area contributed by atoms with Crippen molar-refractivity contribution in [3.63, 3.8) is 0 Å². The van der Waals surface area contributed by atoms with Crippen molar-refractivity contribution in [2.24, 2.45) is 5.92 Å². The molecule has 0 saturated heterocycles. The second-order valence-electron chi connectivity index (χ2n) is 9.19. The number of hydrogen-bond acceptors (Lipinski definition) is 6. The number of ketones is 1. The number of aryl methyl sites for hydroxylation is 1. The minimum Gasteiger partial charge on any atom is -0.331 e. The van der Waals surface area contributed by atoms with E-state index in [4.69, 9.17) is 16.1 Å². The van der Waals surface area contributed by atoms with Crippen LogP contribution < -0.4 is 5.32 Å². The third-order valence-corrected chi connectivity index (χ3v) is 5.80. The summed E-state index contributed by atoms with van der Waals surface area (Å²) in [6.07, 6.45) is 3.54. The van der Waals surface area contributed by atoms with Gasteiger partial charge >= 0.3 is 0 Å². The molecule has 33 heavy (non-hydrogen) atoms. The van der Waals surface area contributed by atoms with Crippen molar-refractivity contribution >= 4 is 29.1 Å². The van der Waals surface area contributed by atoms with E-state index in [1.54, 1.807) is 24.3 Å². The highest BCUT2D eigenvalue weighted by atomic mass is 35.5. The molecule has 2 heterocycles. The van der Waals surface area contributed by atoms with E-state index in [1.165, 1.54) is 6.20 Å². The summed E-state index contributed by atoms with van der Waals surface area (Å²) in [6.45, 7) is 5.76. The van der Waals surface area contributed by atoms with Gasteiger partial charge in [0.15, 0.2) is 5.82 Å². The number of carbonyl (C=O) groups excluding carboxylic acids is 2. The fourth-order valence-corrected chi connectivity index (χ4v) is 3.50. The lowest BCUT2D eigenvalue weighted by Gasteiger charge is -2.11. The summed E-state index contributed by atoms with van der Waals surface area (Å²) in [5.41, 5.74) is 0.987. The van der Waals surface area contributed by atoms with Gasteiger partial charge in [-0.1, -0.05) is 49.7 Å². The average molecular weight is 471 g/mol. The zero-order valence-corrected chi connectivity index (χ0v) is 19.4. The molecule has 1 saturated carbocycles. The van der Waals surface area contributed by atoms with Crippen LogP contribution in [0.3, 0.4) is 0 Å². The van der Waals surface area contributed by atoms with Crippen LogP contribution in [-0.4, -0.2) is 26.8 Å². The molecule has 0 radical (unpaired) electrons. The van der Waals surface area contributed by atoms with Crippen molar-refractivity contribution in [1.82, 2.24) is 15.1 Å². The number of nitrogens with zero attached hydrogens (tertiary/aromatic N) is 3. The predicted molar refractivity (Wildman–Crippen MR) is 122 cm³/mol. The molecule has 1 aliphatic carbocycles. The van der Waals surface area contributed by atoms with E-state index < -0.39 is 5.82 Å². The van der Waals surface area contributed by atoms with Gasteiger partial charge in [0.05, 0.1) is 5.02 Å². The largest absolute Gasteiger partial charge is 0.331 e. The van der Waals surface area contributed by atoms with Gasteiger partial charge in [-0.15, -0.1) is 0 Å². The predicted octanol–water partition coefficient (Wildman–Crippen LogP) is 5.39. The number of carbonyl (C=O) groups is 2. The highest BCUT2D eigenvalue weighted by Gasteiger charge is 2.30. The number of pyridine rings is 1. The first kappa shape index (κ1) is 23.0. The van der Waals surface area contributed by atoms with E-state index in [0.29, 0.717) is 22.8 Å². The lowest BCUT2D eigenvalue weighted by atomic mass is 9.96. The van der Waals surface area contributed by atoms with Crippen LogP contribution >= 0.6 is 11.6 Å². The maximum absolute atomic E-state index is 15.1. The number of benzene rings is 1. The molecule has 172 valence electrons. The van der Waals surface area contributed by atoms with Crippen LogP contribution in [0.25, 0.3) is 11.1 Å². The summed E-state index contributed by atoms with van der Waals surface area (Å²) in [5, 5.41) is 6.56. The fourth-order valence-electron chi connectivity index (χ4n) is 3.24. The summed E-state index contributed by atoms with van der Waals surface area (Å²) < 4.78 is 20.2. The van der Waals surface area contributed by atoms with Gasteiger partial charge in [0, 0.05) is 29.5 Å². The number of anilines is 1. The normalized spacial score (nSPS) is 13.7. The van der Waals surface area contributed by atoms with Gasteiger partial charge in [-0.2, -0.15) is 4.98 Å². The molecule has 7 nitrogen and oxygen atoms in total. The molecule has 0 atom stereocenters. The van der Waals surface area contributed by atoms with E-state index in [2.05, 4.69) is 20.4 Å². The van der Waals surface area contributed by atoms with Crippen molar-refractivity contribution in [3.05, 3.63) is 58.6 Å². The summed E-state index contributed by atoms with van der Waals surface area (Å²) in [4.78, 5) is 32.7. The first-order valence-corrected chi connectivity index (χ1v) is 11.1. The Labute approximate surface area is 195 Å². The Morgan fingerprint density at radius 3 is 2.67 bits per heavy atom. The van der Waals surface area contributed by atoms with Gasteiger partial charge in [0.25, 0.3) is 5.89 Å². The molecule has 1 aromatic carbocycles. The van der Waals surface area contributed by atoms with E-state index in [0.717, 1.165) is 12.8 Å². The fraction of sp³-hybridized carbons (Fsp3) is 0.375. The monoisotopic (exact) mass is 470 g/mol. The molecule has 0 aliphatic heterocycles. The Balaban J connectivity index is 1.47. The Morgan fingerprint density at radius 2 is 2.00 bits per heavy atom. The second kappa shape index (κ2) is 9.02. The third kappa shape index (κ3) is 5.27. The first-order chi connectivity index (χ1) is 15.6. The summed E-state index contributed by atoms with van der Waals surface area (Å²) in [5.74, 6) is -0.215. The SMILES string of the molecule is CC(C)(C)c1noc(C(=O)CCc2ccc(-c3ccnc(NC(=O)C4CC4)c3)c(F)c2Cl)n1. The Morgan fingerprint density at radius 1 is 1.24 bits per heavy atom. The van der Waals surface area contributed by atoms with Crippen LogP contribution in [0, 0.1) is 11.7 Å². The number of amides is 1. The van der Waals surface area contributed by atoms with Crippen molar-refractivity contribution < 1.29 is 18.5 Å². The number of nitrogens with one attached hydrogen (secondary N) is 1. The van der Waals surface area contributed by atoms with Crippen molar-refractivity contribution in [1.29, 1.82) is 0 Å². The number of aromatic nitrogens is 3. The van der Waals surface area contributed by atoms with Crippen LogP contribution in [-0.2, 0) is 16.6 Å². The summed E-state index contributed by atoms with van der Waals surface area (Å²) >= 11 is 6.29. The highest BCUT2D eigenvalue weighted by molar-refractivity contribution is 6.31. The van der Waals surface area contributed by atoms with E-state index >= 15 is 4.39 Å². The van der Waals surface area contributed by atoms with Crippen LogP contribution in [0.2, 0.25) is 5.02 Å². The number of rotatable bonds is 7. The first-order valence-electron chi connectivity index (χ1n) is 10.7. The molecule has 1 amide bonds. The standard InChI is InChI=1S/C24H24ClFN4O3/c1-24(2,3)23-29-22(33-30-23)17(31)9-7-13-6-8-16(20(26)19(13)25)15-10-11-27-18(12-15)28-21(32)14-4-5-14/h6,8,10-12,14H,4-5,7,9H2,1-3H3,(H,27,28,32). The second-order valence-corrected chi connectivity index (χ2v) is 9.57. The molecule has 0 spiro atoms. The van der Waals surface area contributed by atoms with E-state index in [1.807, 2.05) is 20.8 Å². The molecule has 0 bridgehead atoms. The van der Waals surface area contributed by atoms with Gasteiger partial charge in [-0.25, -0.2) is 9.37 Å². The average Bonchev–Trinajstić information content (AvgIpc) is 3.49. The zero-order chi connectivity index (χ0) is 23.8. The smallest absolute Gasteiger partial charge is 0.294 e. The molecular formula is C24H24ClFN4O3.